The zero-order valence-corrected chi connectivity index (χ0v) is 19.1. The van der Waals surface area contributed by atoms with E-state index in [-0.39, 0.29) is 17.9 Å². The summed E-state index contributed by atoms with van der Waals surface area (Å²) in [6, 6.07) is 24.0. The van der Waals surface area contributed by atoms with Gasteiger partial charge in [0.05, 0.1) is 19.3 Å². The second-order valence-corrected chi connectivity index (χ2v) is 7.33. The molecule has 0 amide bonds. The summed E-state index contributed by atoms with van der Waals surface area (Å²) < 4.78 is 15.9. The number of rotatable bonds is 9. The molecule has 0 fully saturated rings. The number of nitriles is 1. The third kappa shape index (κ3) is 6.33. The molecular formula is C28H25NO5. The van der Waals surface area contributed by atoms with Crippen molar-refractivity contribution in [3.63, 3.8) is 0 Å². The fourth-order valence-corrected chi connectivity index (χ4v) is 3.39. The van der Waals surface area contributed by atoms with E-state index >= 15 is 0 Å². The molecule has 0 atom stereocenters. The Morgan fingerprint density at radius 2 is 1.68 bits per heavy atom. The molecule has 0 spiro atoms. The first kappa shape index (κ1) is 24.3. The van der Waals surface area contributed by atoms with Gasteiger partial charge in [-0.3, -0.25) is 0 Å². The maximum Gasteiger partial charge on any atom is 0.348 e. The molecule has 0 bridgehead atoms. The monoisotopic (exact) mass is 455 g/mol. The average Bonchev–Trinajstić information content (AvgIpc) is 2.87. The molecule has 0 unspecified atom stereocenters. The summed E-state index contributed by atoms with van der Waals surface area (Å²) in [7, 11) is 1.45. The third-order valence-electron chi connectivity index (χ3n) is 5.08. The van der Waals surface area contributed by atoms with E-state index in [2.05, 4.69) is 12.1 Å². The first-order valence-electron chi connectivity index (χ1n) is 10.9. The van der Waals surface area contributed by atoms with Crippen LogP contribution in [0.3, 0.4) is 0 Å². The fourth-order valence-electron chi connectivity index (χ4n) is 3.39. The molecule has 172 valence electrons. The summed E-state index contributed by atoms with van der Waals surface area (Å²) in [5, 5.41) is 9.23. The van der Waals surface area contributed by atoms with Crippen LogP contribution in [0.1, 0.15) is 34.0 Å². The van der Waals surface area contributed by atoms with Crippen molar-refractivity contribution in [3.8, 4) is 17.6 Å². The Labute approximate surface area is 199 Å². The molecular weight excluding hydrogens is 430 g/mol. The highest BCUT2D eigenvalue weighted by Crippen LogP contribution is 2.30. The lowest BCUT2D eigenvalue weighted by Gasteiger charge is -2.12. The topological polar surface area (TPSA) is 85.6 Å². The van der Waals surface area contributed by atoms with Crippen LogP contribution in [0.5, 0.6) is 11.5 Å². The van der Waals surface area contributed by atoms with Crippen LogP contribution in [0.25, 0.3) is 6.08 Å². The Morgan fingerprint density at radius 1 is 0.941 bits per heavy atom. The van der Waals surface area contributed by atoms with Gasteiger partial charge in [-0.05, 0) is 60.7 Å². The van der Waals surface area contributed by atoms with Crippen LogP contribution in [0, 0.1) is 11.3 Å². The van der Waals surface area contributed by atoms with E-state index in [1.165, 1.54) is 18.7 Å². The maximum atomic E-state index is 13.0. The number of carbonyl (C=O) groups is 2. The van der Waals surface area contributed by atoms with Crippen molar-refractivity contribution in [2.45, 2.75) is 19.8 Å². The Morgan fingerprint density at radius 3 is 2.38 bits per heavy atom. The molecule has 0 saturated carbocycles. The minimum Gasteiger partial charge on any atom is -0.493 e. The van der Waals surface area contributed by atoms with Gasteiger partial charge in [0.25, 0.3) is 0 Å². The largest absolute Gasteiger partial charge is 0.493 e. The molecule has 0 aliphatic heterocycles. The first-order chi connectivity index (χ1) is 16.5. The zero-order valence-electron chi connectivity index (χ0n) is 19.1. The predicted octanol–water partition coefficient (Wildman–Crippen LogP) is 5.17. The number of hydrogen-bond acceptors (Lipinski definition) is 6. The van der Waals surface area contributed by atoms with Crippen molar-refractivity contribution in [2.75, 3.05) is 13.7 Å². The number of nitrogens with zero attached hydrogens (tertiary/aromatic N) is 1. The van der Waals surface area contributed by atoms with Gasteiger partial charge in [0.2, 0.25) is 0 Å². The van der Waals surface area contributed by atoms with E-state index in [0.717, 1.165) is 12.0 Å². The average molecular weight is 456 g/mol. The quantitative estimate of drug-likeness (QED) is 0.192. The van der Waals surface area contributed by atoms with Crippen molar-refractivity contribution in [1.82, 2.24) is 0 Å². The van der Waals surface area contributed by atoms with Crippen LogP contribution in [0.4, 0.5) is 0 Å². The van der Waals surface area contributed by atoms with Gasteiger partial charge in [-0.15, -0.1) is 0 Å². The first-order valence-corrected chi connectivity index (χ1v) is 10.9. The van der Waals surface area contributed by atoms with Crippen LogP contribution >= 0.6 is 0 Å². The number of esters is 2. The molecule has 0 heterocycles. The van der Waals surface area contributed by atoms with Crippen LogP contribution < -0.4 is 9.47 Å². The highest BCUT2D eigenvalue weighted by Gasteiger charge is 2.17. The van der Waals surface area contributed by atoms with Crippen molar-refractivity contribution in [2.24, 2.45) is 0 Å². The van der Waals surface area contributed by atoms with Gasteiger partial charge in [-0.2, -0.15) is 5.26 Å². The zero-order chi connectivity index (χ0) is 24.3. The minimum absolute atomic E-state index is 0.138. The Hall–Kier alpha value is -4.37. The summed E-state index contributed by atoms with van der Waals surface area (Å²) in [5.74, 6) is -0.664. The standard InChI is InChI=1S/C28H25NO5/c1-3-33-27(30)23(19-29)17-21-14-16-25(26(18-21)32-2)34-28(31)24-12-8-7-11-22(24)15-13-20-9-5-4-6-10-20/h4-12,14,16-18H,3,13,15H2,1-2H3. The second kappa shape index (κ2) is 12.0. The molecule has 6 nitrogen and oxygen atoms in total. The molecule has 3 aromatic carbocycles. The van der Waals surface area contributed by atoms with E-state index in [4.69, 9.17) is 14.2 Å². The highest BCUT2D eigenvalue weighted by molar-refractivity contribution is 5.98. The highest BCUT2D eigenvalue weighted by atomic mass is 16.6. The minimum atomic E-state index is -0.702. The van der Waals surface area contributed by atoms with Crippen LogP contribution in [0.15, 0.2) is 78.4 Å². The molecule has 0 saturated heterocycles. The van der Waals surface area contributed by atoms with Crippen molar-refractivity contribution >= 4 is 18.0 Å². The molecule has 3 rings (SSSR count). The summed E-state index contributed by atoms with van der Waals surface area (Å²) in [6.07, 6.45) is 2.89. The van der Waals surface area contributed by atoms with E-state index in [9.17, 15) is 14.9 Å². The second-order valence-electron chi connectivity index (χ2n) is 7.33. The fraction of sp³-hybridized carbons (Fsp3) is 0.179. The molecule has 0 aliphatic carbocycles. The smallest absolute Gasteiger partial charge is 0.348 e. The van der Waals surface area contributed by atoms with Crippen LogP contribution in [-0.4, -0.2) is 25.7 Å². The van der Waals surface area contributed by atoms with Crippen molar-refractivity contribution in [3.05, 3.63) is 101 Å². The molecule has 6 heteroatoms. The number of ether oxygens (including phenoxy) is 3. The van der Waals surface area contributed by atoms with Gasteiger partial charge in [0, 0.05) is 0 Å². The number of hydrogen-bond donors (Lipinski definition) is 0. The van der Waals surface area contributed by atoms with E-state index in [1.54, 1.807) is 37.3 Å². The molecule has 3 aromatic rings. The van der Waals surface area contributed by atoms with E-state index < -0.39 is 11.9 Å². The van der Waals surface area contributed by atoms with Gasteiger partial charge in [-0.25, -0.2) is 9.59 Å². The van der Waals surface area contributed by atoms with Gasteiger partial charge in [0.15, 0.2) is 11.5 Å². The number of carbonyl (C=O) groups excluding carboxylic acids is 2. The molecule has 0 aliphatic rings. The van der Waals surface area contributed by atoms with Gasteiger partial charge in [0.1, 0.15) is 11.6 Å². The van der Waals surface area contributed by atoms with Gasteiger partial charge in [-0.1, -0.05) is 54.6 Å². The Balaban J connectivity index is 1.79. The summed E-state index contributed by atoms with van der Waals surface area (Å²) >= 11 is 0. The Bertz CT molecular complexity index is 1230. The van der Waals surface area contributed by atoms with Gasteiger partial charge < -0.3 is 14.2 Å². The Kier molecular flexibility index (Phi) is 8.59. The van der Waals surface area contributed by atoms with E-state index in [0.29, 0.717) is 23.3 Å². The normalized spacial score (nSPS) is 10.8. The predicted molar refractivity (Wildman–Crippen MR) is 128 cm³/mol. The van der Waals surface area contributed by atoms with Crippen molar-refractivity contribution in [1.29, 1.82) is 5.26 Å². The lowest BCUT2D eigenvalue weighted by Crippen LogP contribution is -2.12. The summed E-state index contributed by atoms with van der Waals surface area (Å²) in [4.78, 5) is 24.9. The lowest BCUT2D eigenvalue weighted by molar-refractivity contribution is -0.137. The lowest BCUT2D eigenvalue weighted by atomic mass is 10.00. The number of aryl methyl sites for hydroxylation is 2. The molecule has 0 aromatic heterocycles. The number of methoxy groups -OCH3 is 1. The number of benzene rings is 3. The van der Waals surface area contributed by atoms with Gasteiger partial charge >= 0.3 is 11.9 Å². The molecule has 0 N–H and O–H groups in total. The summed E-state index contributed by atoms with van der Waals surface area (Å²) in [5.41, 5.74) is 2.96. The van der Waals surface area contributed by atoms with Crippen molar-refractivity contribution < 1.29 is 23.8 Å². The molecule has 0 radical (unpaired) electrons. The SMILES string of the molecule is CCOC(=O)C(C#N)=Cc1ccc(OC(=O)c2ccccc2CCc2ccccc2)c(OC)c1. The summed E-state index contributed by atoms with van der Waals surface area (Å²) in [6.45, 7) is 1.84. The van der Waals surface area contributed by atoms with E-state index in [1.807, 2.05) is 36.4 Å². The molecule has 34 heavy (non-hydrogen) atoms. The van der Waals surface area contributed by atoms with Crippen LogP contribution in [0.2, 0.25) is 0 Å². The van der Waals surface area contributed by atoms with Crippen LogP contribution in [-0.2, 0) is 22.4 Å². The maximum absolute atomic E-state index is 13.0. The third-order valence-corrected chi connectivity index (χ3v) is 5.08.